The summed E-state index contributed by atoms with van der Waals surface area (Å²) in [6.45, 7) is 5.68. The number of halogens is 3. The maximum Gasteiger partial charge on any atom is 0.416 e. The van der Waals surface area contributed by atoms with E-state index in [4.69, 9.17) is 0 Å². The molecule has 3 aromatic rings. The van der Waals surface area contributed by atoms with Gasteiger partial charge in [0, 0.05) is 31.5 Å². The highest BCUT2D eigenvalue weighted by atomic mass is 19.4. The number of hydrogen-bond donors (Lipinski definition) is 1. The van der Waals surface area contributed by atoms with Gasteiger partial charge in [-0.2, -0.15) is 13.2 Å². The van der Waals surface area contributed by atoms with Gasteiger partial charge in [-0.05, 0) is 74.0 Å². The first kappa shape index (κ1) is 23.8. The third kappa shape index (κ3) is 5.39. The fraction of sp³-hybridized carbons (Fsp3) is 0.308. The Morgan fingerprint density at radius 1 is 0.971 bits per heavy atom. The Bertz CT molecular complexity index is 1140. The van der Waals surface area contributed by atoms with E-state index < -0.39 is 11.7 Å². The van der Waals surface area contributed by atoms with E-state index in [1.54, 1.807) is 24.4 Å². The summed E-state index contributed by atoms with van der Waals surface area (Å²) >= 11 is 0. The average Bonchev–Trinajstić information content (AvgIpc) is 3.04. The summed E-state index contributed by atoms with van der Waals surface area (Å²) in [5.41, 5.74) is 2.52. The lowest BCUT2D eigenvalue weighted by atomic mass is 9.98. The van der Waals surface area contributed by atoms with Gasteiger partial charge in [-0.3, -0.25) is 4.79 Å². The zero-order valence-electron chi connectivity index (χ0n) is 19.2. The number of anilines is 2. The highest BCUT2D eigenvalue weighted by Crippen LogP contribution is 2.33. The minimum atomic E-state index is -4.38. The number of hydrogen-bond acceptors (Lipinski definition) is 4. The van der Waals surface area contributed by atoms with Gasteiger partial charge in [0.1, 0.15) is 5.82 Å². The van der Waals surface area contributed by atoms with Crippen molar-refractivity contribution in [3.05, 3.63) is 77.5 Å². The monoisotopic (exact) mass is 468 g/mol. The Morgan fingerprint density at radius 2 is 1.74 bits per heavy atom. The Morgan fingerprint density at radius 3 is 2.41 bits per heavy atom. The standard InChI is InChI=1S/C26H27F3N4O/c1-18-22(19-7-10-21(11-8-19)26(27,28)29)5-3-6-23(18)31-25(34)20-9-12-24(30-17-20)33-14-4-13-32(2)15-16-33/h3,5-12,17H,4,13-16H2,1-2H3,(H,31,34). The van der Waals surface area contributed by atoms with Crippen LogP contribution in [0.4, 0.5) is 24.7 Å². The number of pyridine rings is 1. The number of alkyl halides is 3. The molecule has 178 valence electrons. The molecule has 0 aliphatic carbocycles. The highest BCUT2D eigenvalue weighted by molar-refractivity contribution is 6.05. The van der Waals surface area contributed by atoms with E-state index in [1.807, 2.05) is 19.1 Å². The molecule has 1 aliphatic heterocycles. The lowest BCUT2D eigenvalue weighted by Gasteiger charge is -2.21. The topological polar surface area (TPSA) is 48.5 Å². The van der Waals surface area contributed by atoms with Crippen LogP contribution in [0.25, 0.3) is 11.1 Å². The number of carbonyl (C=O) groups excluding carboxylic acids is 1. The SMILES string of the molecule is Cc1c(NC(=O)c2ccc(N3CCCN(C)CC3)nc2)cccc1-c1ccc(C(F)(F)F)cc1. The summed E-state index contributed by atoms with van der Waals surface area (Å²) in [5, 5.41) is 2.91. The van der Waals surface area contributed by atoms with Crippen LogP contribution in [0.1, 0.15) is 27.9 Å². The molecule has 1 saturated heterocycles. The molecule has 1 aromatic heterocycles. The largest absolute Gasteiger partial charge is 0.416 e. The molecule has 5 nitrogen and oxygen atoms in total. The Balaban J connectivity index is 1.48. The highest BCUT2D eigenvalue weighted by Gasteiger charge is 2.30. The summed E-state index contributed by atoms with van der Waals surface area (Å²) in [5.74, 6) is 0.564. The number of rotatable bonds is 4. The smallest absolute Gasteiger partial charge is 0.355 e. The van der Waals surface area contributed by atoms with E-state index in [-0.39, 0.29) is 5.91 Å². The molecule has 0 spiro atoms. The van der Waals surface area contributed by atoms with Crippen molar-refractivity contribution in [2.75, 3.05) is 43.4 Å². The van der Waals surface area contributed by atoms with E-state index in [0.29, 0.717) is 16.8 Å². The van der Waals surface area contributed by atoms with Gasteiger partial charge in [-0.15, -0.1) is 0 Å². The molecule has 0 radical (unpaired) electrons. The van der Waals surface area contributed by atoms with Gasteiger partial charge in [0.2, 0.25) is 0 Å². The van der Waals surface area contributed by atoms with Crippen molar-refractivity contribution in [1.29, 1.82) is 0 Å². The Kier molecular flexibility index (Phi) is 6.88. The molecule has 34 heavy (non-hydrogen) atoms. The average molecular weight is 469 g/mol. The first-order chi connectivity index (χ1) is 16.2. The summed E-state index contributed by atoms with van der Waals surface area (Å²) < 4.78 is 38.6. The molecule has 8 heteroatoms. The second-order valence-electron chi connectivity index (χ2n) is 8.56. The van der Waals surface area contributed by atoms with Crippen molar-refractivity contribution in [2.24, 2.45) is 0 Å². The third-order valence-electron chi connectivity index (χ3n) is 6.16. The quantitative estimate of drug-likeness (QED) is 0.552. The fourth-order valence-electron chi connectivity index (χ4n) is 4.10. The number of nitrogens with one attached hydrogen (secondary N) is 1. The second-order valence-corrected chi connectivity index (χ2v) is 8.56. The minimum Gasteiger partial charge on any atom is -0.355 e. The number of carbonyl (C=O) groups is 1. The van der Waals surface area contributed by atoms with E-state index in [0.717, 1.165) is 61.7 Å². The Hall–Kier alpha value is -3.39. The summed E-state index contributed by atoms with van der Waals surface area (Å²) in [4.78, 5) is 21.9. The molecule has 1 aliphatic rings. The van der Waals surface area contributed by atoms with Gasteiger partial charge in [-0.1, -0.05) is 24.3 Å². The zero-order valence-corrected chi connectivity index (χ0v) is 19.2. The van der Waals surface area contributed by atoms with Crippen molar-refractivity contribution in [3.63, 3.8) is 0 Å². The maximum absolute atomic E-state index is 12.9. The van der Waals surface area contributed by atoms with Crippen LogP contribution in [-0.4, -0.2) is 49.0 Å². The summed E-state index contributed by atoms with van der Waals surface area (Å²) in [7, 11) is 2.11. The number of likely N-dealkylation sites (N-methyl/N-ethyl adjacent to an activating group) is 1. The lowest BCUT2D eigenvalue weighted by Crippen LogP contribution is -2.29. The van der Waals surface area contributed by atoms with Crippen LogP contribution in [-0.2, 0) is 6.18 Å². The molecule has 0 bridgehead atoms. The van der Waals surface area contributed by atoms with Gasteiger partial charge < -0.3 is 15.1 Å². The zero-order chi connectivity index (χ0) is 24.3. The molecule has 0 unspecified atom stereocenters. The van der Waals surface area contributed by atoms with Crippen LogP contribution in [0, 0.1) is 6.92 Å². The molecule has 0 atom stereocenters. The van der Waals surface area contributed by atoms with Crippen molar-refractivity contribution in [1.82, 2.24) is 9.88 Å². The number of benzene rings is 2. The van der Waals surface area contributed by atoms with Crippen LogP contribution in [0.15, 0.2) is 60.8 Å². The van der Waals surface area contributed by atoms with Gasteiger partial charge in [-0.25, -0.2) is 4.98 Å². The molecule has 1 amide bonds. The first-order valence-corrected chi connectivity index (χ1v) is 11.2. The molecule has 1 N–H and O–H groups in total. The number of amides is 1. The molecular formula is C26H27F3N4O. The van der Waals surface area contributed by atoms with E-state index in [9.17, 15) is 18.0 Å². The molecule has 1 fully saturated rings. The van der Waals surface area contributed by atoms with Crippen molar-refractivity contribution >= 4 is 17.4 Å². The number of nitrogens with zero attached hydrogens (tertiary/aromatic N) is 3. The van der Waals surface area contributed by atoms with Gasteiger partial charge in [0.15, 0.2) is 0 Å². The van der Waals surface area contributed by atoms with E-state index in [2.05, 4.69) is 27.1 Å². The van der Waals surface area contributed by atoms with Gasteiger partial charge in [0.05, 0.1) is 11.1 Å². The molecule has 2 aromatic carbocycles. The van der Waals surface area contributed by atoms with Crippen LogP contribution in [0.5, 0.6) is 0 Å². The normalized spacial score (nSPS) is 15.1. The van der Waals surface area contributed by atoms with Gasteiger partial charge in [0.25, 0.3) is 5.91 Å². The molecular weight excluding hydrogens is 441 g/mol. The molecule has 0 saturated carbocycles. The van der Waals surface area contributed by atoms with Crippen LogP contribution in [0.3, 0.4) is 0 Å². The number of aromatic nitrogens is 1. The minimum absolute atomic E-state index is 0.290. The van der Waals surface area contributed by atoms with Crippen LogP contribution >= 0.6 is 0 Å². The van der Waals surface area contributed by atoms with Crippen molar-refractivity contribution < 1.29 is 18.0 Å². The van der Waals surface area contributed by atoms with Gasteiger partial charge >= 0.3 is 6.18 Å². The van der Waals surface area contributed by atoms with E-state index >= 15 is 0 Å². The summed E-state index contributed by atoms with van der Waals surface area (Å²) in [6, 6.07) is 14.0. The third-order valence-corrected chi connectivity index (χ3v) is 6.16. The predicted molar refractivity (Wildman–Crippen MR) is 128 cm³/mol. The Labute approximate surface area is 197 Å². The second kappa shape index (κ2) is 9.85. The molecule has 4 rings (SSSR count). The van der Waals surface area contributed by atoms with Crippen molar-refractivity contribution in [2.45, 2.75) is 19.5 Å². The van der Waals surface area contributed by atoms with Crippen LogP contribution in [0.2, 0.25) is 0 Å². The van der Waals surface area contributed by atoms with Crippen molar-refractivity contribution in [3.8, 4) is 11.1 Å². The maximum atomic E-state index is 12.9. The lowest BCUT2D eigenvalue weighted by molar-refractivity contribution is -0.137. The summed E-state index contributed by atoms with van der Waals surface area (Å²) in [6.07, 6.45) is -1.74. The van der Waals surface area contributed by atoms with E-state index in [1.165, 1.54) is 12.1 Å². The molecule has 2 heterocycles. The fourth-order valence-corrected chi connectivity index (χ4v) is 4.10. The first-order valence-electron chi connectivity index (χ1n) is 11.2. The predicted octanol–water partition coefficient (Wildman–Crippen LogP) is 5.47. The van der Waals surface area contributed by atoms with Crippen LogP contribution < -0.4 is 10.2 Å².